The van der Waals surface area contributed by atoms with E-state index in [9.17, 15) is 0 Å². The molecule has 1 aromatic carbocycles. The van der Waals surface area contributed by atoms with Crippen molar-refractivity contribution in [2.45, 2.75) is 6.92 Å². The summed E-state index contributed by atoms with van der Waals surface area (Å²) in [4.78, 5) is 4.58. The highest BCUT2D eigenvalue weighted by Gasteiger charge is 2.17. The number of rotatable bonds is 2. The van der Waals surface area contributed by atoms with E-state index in [0.29, 0.717) is 11.3 Å². The van der Waals surface area contributed by atoms with E-state index in [-0.39, 0.29) is 0 Å². The molecule has 5 heteroatoms. The first-order chi connectivity index (χ1) is 9.58. The zero-order valence-corrected chi connectivity index (χ0v) is 11.8. The van der Waals surface area contributed by atoms with Crippen molar-refractivity contribution in [2.24, 2.45) is 0 Å². The normalized spacial score (nSPS) is 13.2. The van der Waals surface area contributed by atoms with E-state index in [0.717, 1.165) is 32.3 Å². The molecule has 0 amide bonds. The minimum absolute atomic E-state index is 0.535. The van der Waals surface area contributed by atoms with Crippen molar-refractivity contribution in [1.29, 1.82) is 5.26 Å². The first-order valence-corrected chi connectivity index (χ1v) is 6.84. The van der Waals surface area contributed by atoms with Crippen LogP contribution in [0.2, 0.25) is 0 Å². The van der Waals surface area contributed by atoms with E-state index >= 15 is 0 Å². The number of allylic oxidation sites excluding steroid dienone is 2. The second-order valence-corrected chi connectivity index (χ2v) is 5.60. The molecule has 3 rings (SSSR count). The summed E-state index contributed by atoms with van der Waals surface area (Å²) in [6, 6.07) is 6.14. The molecule has 0 aliphatic carbocycles. The first-order valence-electron chi connectivity index (χ1n) is 6.02. The standard InChI is InChI=1S/C15H12N4S/c1-8(2)17-15-19-14-11-6-10(7-16)9(3)18-12(11)4-5-13(14)20-15/h4-6,18H,1,3H2,2H3,(H,17,19). The summed E-state index contributed by atoms with van der Waals surface area (Å²) in [5.74, 6) is 0. The minimum atomic E-state index is 0.535. The maximum atomic E-state index is 9.12. The summed E-state index contributed by atoms with van der Waals surface area (Å²) in [6.07, 6.45) is 1.83. The number of benzene rings is 1. The number of thiazole rings is 1. The highest BCUT2D eigenvalue weighted by atomic mass is 32.1. The molecule has 4 nitrogen and oxygen atoms in total. The zero-order valence-electron chi connectivity index (χ0n) is 10.9. The lowest BCUT2D eigenvalue weighted by atomic mass is 10.0. The van der Waals surface area contributed by atoms with Gasteiger partial charge in [0.05, 0.1) is 15.8 Å². The summed E-state index contributed by atoms with van der Waals surface area (Å²) in [6.45, 7) is 9.56. The molecule has 0 unspecified atom stereocenters. The van der Waals surface area contributed by atoms with Crippen LogP contribution in [0.4, 0.5) is 10.8 Å². The van der Waals surface area contributed by atoms with E-state index in [1.807, 2.05) is 25.1 Å². The molecule has 0 saturated heterocycles. The van der Waals surface area contributed by atoms with Crippen molar-refractivity contribution in [2.75, 3.05) is 10.6 Å². The number of hydrogen-bond acceptors (Lipinski definition) is 5. The Bertz CT molecular complexity index is 820. The van der Waals surface area contributed by atoms with Gasteiger partial charge in [-0.25, -0.2) is 4.98 Å². The zero-order chi connectivity index (χ0) is 14.3. The van der Waals surface area contributed by atoms with Crippen molar-refractivity contribution >= 4 is 38.4 Å². The number of anilines is 2. The Balaban J connectivity index is 2.20. The molecule has 20 heavy (non-hydrogen) atoms. The maximum Gasteiger partial charge on any atom is 0.188 e. The van der Waals surface area contributed by atoms with Crippen LogP contribution in [0, 0.1) is 11.3 Å². The van der Waals surface area contributed by atoms with Gasteiger partial charge in [-0.3, -0.25) is 0 Å². The Morgan fingerprint density at radius 2 is 2.30 bits per heavy atom. The van der Waals surface area contributed by atoms with Crippen LogP contribution < -0.4 is 10.6 Å². The Morgan fingerprint density at radius 3 is 3.00 bits per heavy atom. The lowest BCUT2D eigenvalue weighted by molar-refractivity contribution is 1.34. The number of nitrogens with zero attached hydrogens (tertiary/aromatic N) is 2. The molecule has 2 aromatic rings. The third-order valence-electron chi connectivity index (χ3n) is 2.94. The first kappa shape index (κ1) is 12.5. The van der Waals surface area contributed by atoms with Crippen LogP contribution >= 0.6 is 11.3 Å². The summed E-state index contributed by atoms with van der Waals surface area (Å²) >= 11 is 1.56. The molecule has 2 heterocycles. The Labute approximate surface area is 120 Å². The highest BCUT2D eigenvalue weighted by molar-refractivity contribution is 7.22. The molecule has 98 valence electrons. The fourth-order valence-corrected chi connectivity index (χ4v) is 3.03. The second kappa shape index (κ2) is 4.51. The third-order valence-corrected chi connectivity index (χ3v) is 3.88. The molecule has 1 aromatic heterocycles. The van der Waals surface area contributed by atoms with Crippen molar-refractivity contribution in [3.05, 3.63) is 47.8 Å². The Morgan fingerprint density at radius 1 is 1.50 bits per heavy atom. The Hall–Kier alpha value is -2.58. The maximum absolute atomic E-state index is 9.12. The molecule has 0 spiro atoms. The van der Waals surface area contributed by atoms with Crippen LogP contribution in [0.25, 0.3) is 16.3 Å². The summed E-state index contributed by atoms with van der Waals surface area (Å²) in [5.41, 5.74) is 4.73. The lowest BCUT2D eigenvalue weighted by Crippen LogP contribution is -2.06. The predicted octanol–water partition coefficient (Wildman–Crippen LogP) is 4.09. The topological polar surface area (TPSA) is 60.7 Å². The Kier molecular flexibility index (Phi) is 2.81. The van der Waals surface area contributed by atoms with Gasteiger partial charge >= 0.3 is 0 Å². The molecule has 0 bridgehead atoms. The predicted molar refractivity (Wildman–Crippen MR) is 84.4 cm³/mol. The molecule has 0 fully saturated rings. The van der Waals surface area contributed by atoms with Crippen LogP contribution in [0.3, 0.4) is 0 Å². The summed E-state index contributed by atoms with van der Waals surface area (Å²) in [5, 5.41) is 16.2. The summed E-state index contributed by atoms with van der Waals surface area (Å²) in [7, 11) is 0. The van der Waals surface area contributed by atoms with Gasteiger partial charge in [0.2, 0.25) is 0 Å². The fourth-order valence-electron chi connectivity index (χ4n) is 2.07. The quantitative estimate of drug-likeness (QED) is 0.870. The largest absolute Gasteiger partial charge is 0.354 e. The van der Waals surface area contributed by atoms with Gasteiger partial charge in [-0.2, -0.15) is 5.26 Å². The van der Waals surface area contributed by atoms with Gasteiger partial charge in [0.1, 0.15) is 6.07 Å². The van der Waals surface area contributed by atoms with Gasteiger partial charge < -0.3 is 10.6 Å². The molecule has 0 atom stereocenters. The van der Waals surface area contributed by atoms with Gasteiger partial charge in [-0.05, 0) is 25.1 Å². The van der Waals surface area contributed by atoms with E-state index in [1.165, 1.54) is 0 Å². The number of aromatic nitrogens is 1. The van der Waals surface area contributed by atoms with Crippen LogP contribution in [-0.2, 0) is 0 Å². The lowest BCUT2D eigenvalue weighted by Gasteiger charge is -2.17. The fraction of sp³-hybridized carbons (Fsp3) is 0.0667. The number of nitriles is 1. The molecular weight excluding hydrogens is 268 g/mol. The van der Waals surface area contributed by atoms with Crippen LogP contribution in [0.5, 0.6) is 0 Å². The van der Waals surface area contributed by atoms with Crippen LogP contribution in [0.15, 0.2) is 42.3 Å². The van der Waals surface area contributed by atoms with Gasteiger partial charge in [0.25, 0.3) is 0 Å². The van der Waals surface area contributed by atoms with E-state index < -0.39 is 0 Å². The van der Waals surface area contributed by atoms with Gasteiger partial charge in [0.15, 0.2) is 5.13 Å². The van der Waals surface area contributed by atoms with E-state index in [1.54, 1.807) is 11.3 Å². The van der Waals surface area contributed by atoms with Gasteiger partial charge in [-0.15, -0.1) is 0 Å². The van der Waals surface area contributed by atoms with Crippen molar-refractivity contribution in [1.82, 2.24) is 4.98 Å². The second-order valence-electron chi connectivity index (χ2n) is 4.57. The van der Waals surface area contributed by atoms with E-state index in [2.05, 4.69) is 34.8 Å². The molecule has 0 radical (unpaired) electrons. The molecular formula is C15H12N4S. The average Bonchev–Trinajstić information content (AvgIpc) is 2.79. The number of hydrogen-bond donors (Lipinski definition) is 2. The molecule has 1 aliphatic heterocycles. The van der Waals surface area contributed by atoms with Crippen LogP contribution in [0.1, 0.15) is 12.5 Å². The monoisotopic (exact) mass is 280 g/mol. The van der Waals surface area contributed by atoms with Gasteiger partial charge in [0, 0.05) is 22.6 Å². The van der Waals surface area contributed by atoms with Crippen LogP contribution in [-0.4, -0.2) is 4.98 Å². The molecule has 1 aliphatic rings. The highest BCUT2D eigenvalue weighted by Crippen LogP contribution is 2.37. The van der Waals surface area contributed by atoms with Crippen molar-refractivity contribution < 1.29 is 0 Å². The van der Waals surface area contributed by atoms with Crippen molar-refractivity contribution in [3.8, 4) is 6.07 Å². The summed E-state index contributed by atoms with van der Waals surface area (Å²) < 4.78 is 1.07. The minimum Gasteiger partial charge on any atom is -0.354 e. The van der Waals surface area contributed by atoms with Crippen molar-refractivity contribution in [3.63, 3.8) is 0 Å². The third kappa shape index (κ3) is 1.96. The smallest absolute Gasteiger partial charge is 0.188 e. The molecule has 2 N–H and O–H groups in total. The van der Waals surface area contributed by atoms with Gasteiger partial charge in [-0.1, -0.05) is 24.5 Å². The molecule has 0 saturated carbocycles. The van der Waals surface area contributed by atoms with E-state index in [4.69, 9.17) is 5.26 Å². The number of fused-ring (bicyclic) bond motifs is 3. The number of nitrogens with one attached hydrogen (secondary N) is 2. The SMILES string of the molecule is C=C(C)Nc1nc2c3c(ccc2s1)NC(=C)C(C#N)=C3. The average molecular weight is 280 g/mol.